The second kappa shape index (κ2) is 6.60. The van der Waals surface area contributed by atoms with E-state index in [1.54, 1.807) is 20.3 Å². The number of benzene rings is 1. The molecule has 1 aromatic carbocycles. The molecule has 2 aromatic rings. The first-order valence-corrected chi connectivity index (χ1v) is 6.16. The van der Waals surface area contributed by atoms with E-state index in [2.05, 4.69) is 20.3 Å². The van der Waals surface area contributed by atoms with Crippen molar-refractivity contribution in [2.75, 3.05) is 32.4 Å². The number of ether oxygens (including phenoxy) is 3. The van der Waals surface area contributed by atoms with Crippen molar-refractivity contribution in [3.05, 3.63) is 23.8 Å². The van der Waals surface area contributed by atoms with Crippen LogP contribution in [0.3, 0.4) is 0 Å². The molecule has 2 rings (SSSR count). The molecule has 0 atom stereocenters. The Hall–Kier alpha value is -2.77. The summed E-state index contributed by atoms with van der Waals surface area (Å²) in [4.78, 5) is 11.9. The maximum atomic E-state index is 5.57. The van der Waals surface area contributed by atoms with Crippen LogP contribution in [-0.2, 0) is 6.54 Å². The van der Waals surface area contributed by atoms with Crippen molar-refractivity contribution < 1.29 is 14.2 Å². The van der Waals surface area contributed by atoms with Crippen LogP contribution in [0.25, 0.3) is 0 Å². The van der Waals surface area contributed by atoms with E-state index in [9.17, 15) is 0 Å². The number of anilines is 2. The van der Waals surface area contributed by atoms with Crippen LogP contribution in [0.4, 0.5) is 11.9 Å². The minimum atomic E-state index is 0.0889. The van der Waals surface area contributed by atoms with E-state index in [1.165, 1.54) is 7.11 Å². The molecular formula is C13H17N5O3. The van der Waals surface area contributed by atoms with Crippen molar-refractivity contribution in [2.24, 2.45) is 0 Å². The zero-order chi connectivity index (χ0) is 15.2. The fourth-order valence-electron chi connectivity index (χ4n) is 1.71. The number of hydrogen-bond donors (Lipinski definition) is 2. The molecule has 0 saturated carbocycles. The number of rotatable bonds is 6. The third-order valence-electron chi connectivity index (χ3n) is 2.75. The zero-order valence-electron chi connectivity index (χ0n) is 12.1. The fourth-order valence-corrected chi connectivity index (χ4v) is 1.71. The Balaban J connectivity index is 2.14. The van der Waals surface area contributed by atoms with E-state index in [4.69, 9.17) is 19.9 Å². The number of nitrogen functional groups attached to an aromatic ring is 1. The summed E-state index contributed by atoms with van der Waals surface area (Å²) in [6.45, 7) is 0.458. The highest BCUT2D eigenvalue weighted by Gasteiger charge is 2.08. The van der Waals surface area contributed by atoms with Gasteiger partial charge in [0.15, 0.2) is 0 Å². The molecule has 0 fully saturated rings. The summed E-state index contributed by atoms with van der Waals surface area (Å²) in [5.41, 5.74) is 6.50. The number of nitrogens with two attached hydrogens (primary N) is 1. The van der Waals surface area contributed by atoms with Crippen LogP contribution in [0.15, 0.2) is 18.2 Å². The van der Waals surface area contributed by atoms with Gasteiger partial charge < -0.3 is 25.3 Å². The van der Waals surface area contributed by atoms with Gasteiger partial charge in [-0.15, -0.1) is 0 Å². The average Bonchev–Trinajstić information content (AvgIpc) is 2.52. The van der Waals surface area contributed by atoms with Gasteiger partial charge in [0.05, 0.1) is 21.3 Å². The number of aromatic nitrogens is 3. The van der Waals surface area contributed by atoms with Crippen molar-refractivity contribution in [3.63, 3.8) is 0 Å². The van der Waals surface area contributed by atoms with E-state index < -0.39 is 0 Å². The Bertz CT molecular complexity index is 621. The molecule has 0 aliphatic carbocycles. The maximum absolute atomic E-state index is 5.57. The average molecular weight is 291 g/mol. The number of hydrogen-bond acceptors (Lipinski definition) is 8. The minimum Gasteiger partial charge on any atom is -0.497 e. The molecule has 0 aliphatic heterocycles. The highest BCUT2D eigenvalue weighted by molar-refractivity contribution is 5.43. The summed E-state index contributed by atoms with van der Waals surface area (Å²) >= 11 is 0. The Kier molecular flexibility index (Phi) is 4.60. The lowest BCUT2D eigenvalue weighted by Gasteiger charge is -2.11. The van der Waals surface area contributed by atoms with Gasteiger partial charge in [-0.25, -0.2) is 0 Å². The molecule has 8 heteroatoms. The standard InChI is InChI=1S/C13H17N5O3/c1-19-9-5-4-8(10(6-9)20-2)7-15-12-16-11(14)17-13(18-12)21-3/h4-6H,7H2,1-3H3,(H3,14,15,16,17,18). The minimum absolute atomic E-state index is 0.0889. The monoisotopic (exact) mass is 291 g/mol. The summed E-state index contributed by atoms with van der Waals surface area (Å²) in [5, 5.41) is 3.05. The summed E-state index contributed by atoms with van der Waals surface area (Å²) in [7, 11) is 4.67. The SMILES string of the molecule is COc1ccc(CNc2nc(N)nc(OC)n2)c(OC)c1. The van der Waals surface area contributed by atoms with Gasteiger partial charge in [-0.1, -0.05) is 0 Å². The molecule has 112 valence electrons. The molecule has 21 heavy (non-hydrogen) atoms. The van der Waals surface area contributed by atoms with Crippen LogP contribution in [0.1, 0.15) is 5.56 Å². The molecule has 0 saturated heterocycles. The van der Waals surface area contributed by atoms with Crippen molar-refractivity contribution in [3.8, 4) is 17.5 Å². The lowest BCUT2D eigenvalue weighted by atomic mass is 10.2. The first-order chi connectivity index (χ1) is 10.2. The number of nitrogens with zero attached hydrogens (tertiary/aromatic N) is 3. The summed E-state index contributed by atoms with van der Waals surface area (Å²) < 4.78 is 15.4. The molecule has 0 amide bonds. The molecular weight excluding hydrogens is 274 g/mol. The molecule has 3 N–H and O–H groups in total. The van der Waals surface area contributed by atoms with Gasteiger partial charge in [0, 0.05) is 18.2 Å². The summed E-state index contributed by atoms with van der Waals surface area (Å²) in [5.74, 6) is 1.85. The van der Waals surface area contributed by atoms with E-state index in [0.29, 0.717) is 18.2 Å². The van der Waals surface area contributed by atoms with Gasteiger partial charge in [-0.05, 0) is 12.1 Å². The summed E-state index contributed by atoms with van der Waals surface area (Å²) in [6, 6.07) is 5.71. The fraction of sp³-hybridized carbons (Fsp3) is 0.308. The zero-order valence-corrected chi connectivity index (χ0v) is 12.1. The maximum Gasteiger partial charge on any atom is 0.322 e. The largest absolute Gasteiger partial charge is 0.497 e. The molecule has 0 aliphatic rings. The summed E-state index contributed by atoms with van der Waals surface area (Å²) in [6.07, 6.45) is 0. The van der Waals surface area contributed by atoms with Gasteiger partial charge in [-0.3, -0.25) is 0 Å². The Labute approximate surface area is 122 Å². The molecule has 1 heterocycles. The van der Waals surface area contributed by atoms with E-state index in [1.807, 2.05) is 12.1 Å². The van der Waals surface area contributed by atoms with Gasteiger partial charge in [0.2, 0.25) is 11.9 Å². The molecule has 0 radical (unpaired) electrons. The Morgan fingerprint density at radius 3 is 2.52 bits per heavy atom. The third-order valence-corrected chi connectivity index (χ3v) is 2.75. The lowest BCUT2D eigenvalue weighted by Crippen LogP contribution is -2.09. The van der Waals surface area contributed by atoms with Gasteiger partial charge in [-0.2, -0.15) is 15.0 Å². The lowest BCUT2D eigenvalue weighted by molar-refractivity contribution is 0.379. The molecule has 0 spiro atoms. The van der Waals surface area contributed by atoms with Gasteiger partial charge in [0.1, 0.15) is 11.5 Å². The van der Waals surface area contributed by atoms with Crippen LogP contribution in [0.5, 0.6) is 17.5 Å². The number of methoxy groups -OCH3 is 3. The topological polar surface area (TPSA) is 104 Å². The smallest absolute Gasteiger partial charge is 0.322 e. The normalized spacial score (nSPS) is 10.0. The third kappa shape index (κ3) is 3.62. The van der Waals surface area contributed by atoms with Crippen LogP contribution in [-0.4, -0.2) is 36.3 Å². The second-order valence-electron chi connectivity index (χ2n) is 4.04. The van der Waals surface area contributed by atoms with Crippen LogP contribution in [0.2, 0.25) is 0 Å². The van der Waals surface area contributed by atoms with Crippen molar-refractivity contribution in [1.82, 2.24) is 15.0 Å². The highest BCUT2D eigenvalue weighted by atomic mass is 16.5. The van der Waals surface area contributed by atoms with Crippen LogP contribution in [0, 0.1) is 0 Å². The van der Waals surface area contributed by atoms with Gasteiger partial charge >= 0.3 is 6.01 Å². The van der Waals surface area contributed by atoms with E-state index >= 15 is 0 Å². The molecule has 1 aromatic heterocycles. The van der Waals surface area contributed by atoms with Crippen molar-refractivity contribution in [2.45, 2.75) is 6.54 Å². The van der Waals surface area contributed by atoms with Crippen LogP contribution < -0.4 is 25.3 Å². The van der Waals surface area contributed by atoms with Crippen LogP contribution >= 0.6 is 0 Å². The first-order valence-electron chi connectivity index (χ1n) is 6.16. The van der Waals surface area contributed by atoms with Gasteiger partial charge in [0.25, 0.3) is 0 Å². The second-order valence-corrected chi connectivity index (χ2v) is 4.04. The highest BCUT2D eigenvalue weighted by Crippen LogP contribution is 2.25. The predicted octanol–water partition coefficient (Wildman–Crippen LogP) is 1.09. The van der Waals surface area contributed by atoms with Crippen molar-refractivity contribution >= 4 is 11.9 Å². The Morgan fingerprint density at radius 1 is 1.05 bits per heavy atom. The first kappa shape index (κ1) is 14.6. The van der Waals surface area contributed by atoms with E-state index in [0.717, 1.165) is 11.3 Å². The van der Waals surface area contributed by atoms with Crippen molar-refractivity contribution in [1.29, 1.82) is 0 Å². The predicted molar refractivity (Wildman–Crippen MR) is 77.7 cm³/mol. The molecule has 0 unspecified atom stereocenters. The number of nitrogens with one attached hydrogen (secondary N) is 1. The Morgan fingerprint density at radius 2 is 1.86 bits per heavy atom. The molecule has 8 nitrogen and oxygen atoms in total. The quantitative estimate of drug-likeness (QED) is 0.815. The van der Waals surface area contributed by atoms with E-state index in [-0.39, 0.29) is 12.0 Å². The molecule has 0 bridgehead atoms.